The lowest BCUT2D eigenvalue weighted by molar-refractivity contribution is -0.384. The van der Waals surface area contributed by atoms with Crippen molar-refractivity contribution in [3.63, 3.8) is 0 Å². The van der Waals surface area contributed by atoms with Crippen molar-refractivity contribution in [1.29, 1.82) is 0 Å². The molecule has 0 aromatic heterocycles. The number of anilines is 2. The number of nitrogens with zero attached hydrogens (tertiary/aromatic N) is 3. The number of alkyl halides is 3. The van der Waals surface area contributed by atoms with Gasteiger partial charge in [-0.3, -0.25) is 14.9 Å². The Kier molecular flexibility index (Phi) is 5.66. The number of hydrogen-bond donors (Lipinski definition) is 2. The average Bonchev–Trinajstić information content (AvgIpc) is 2.77. The lowest BCUT2D eigenvalue weighted by Gasteiger charge is -2.38. The number of carbonyl (C=O) groups excluding carboxylic acids is 1. The van der Waals surface area contributed by atoms with Crippen molar-refractivity contribution in [3.8, 4) is 0 Å². The Bertz CT molecular complexity index is 1200. The maximum absolute atomic E-state index is 13.0. The van der Waals surface area contributed by atoms with Crippen LogP contribution in [0.5, 0.6) is 0 Å². The Morgan fingerprint density at radius 3 is 2.27 bits per heavy atom. The van der Waals surface area contributed by atoms with Gasteiger partial charge in [0.15, 0.2) is 6.17 Å². The molecule has 33 heavy (non-hydrogen) atoms. The molecule has 0 spiro atoms. The fourth-order valence-corrected chi connectivity index (χ4v) is 4.97. The summed E-state index contributed by atoms with van der Waals surface area (Å²) in [6.07, 6.45) is -6.11. The highest BCUT2D eigenvalue weighted by molar-refractivity contribution is 7.89. The minimum atomic E-state index is -4.67. The zero-order valence-corrected chi connectivity index (χ0v) is 17.7. The Morgan fingerprint density at radius 1 is 1.06 bits per heavy atom. The molecule has 10 nitrogen and oxygen atoms in total. The van der Waals surface area contributed by atoms with E-state index in [1.54, 1.807) is 12.1 Å². The highest BCUT2D eigenvalue weighted by Gasteiger charge is 2.38. The monoisotopic (exact) mass is 485 g/mol. The fourth-order valence-electron chi connectivity index (χ4n) is 3.72. The largest absolute Gasteiger partial charge is 0.416 e. The topological polar surface area (TPSA) is 125 Å². The molecule has 1 unspecified atom stereocenters. The molecule has 0 aliphatic carbocycles. The molecule has 1 saturated heterocycles. The van der Waals surface area contributed by atoms with Gasteiger partial charge >= 0.3 is 6.18 Å². The molecule has 0 saturated carbocycles. The first-order valence-corrected chi connectivity index (χ1v) is 11.2. The van der Waals surface area contributed by atoms with Gasteiger partial charge in [0.25, 0.3) is 11.6 Å². The lowest BCUT2D eigenvalue weighted by Crippen LogP contribution is -2.58. The smallest absolute Gasteiger partial charge is 0.368 e. The maximum Gasteiger partial charge on any atom is 0.416 e. The second kappa shape index (κ2) is 8.19. The normalized spacial score (nSPS) is 20.0. The van der Waals surface area contributed by atoms with E-state index in [4.69, 9.17) is 0 Å². The van der Waals surface area contributed by atoms with Crippen molar-refractivity contribution >= 4 is 33.0 Å². The van der Waals surface area contributed by atoms with Gasteiger partial charge in [-0.1, -0.05) is 0 Å². The van der Waals surface area contributed by atoms with Crippen LogP contribution in [0, 0.1) is 10.1 Å². The molecule has 1 fully saturated rings. The van der Waals surface area contributed by atoms with Gasteiger partial charge in [-0.05, 0) is 30.3 Å². The van der Waals surface area contributed by atoms with Gasteiger partial charge in [0.1, 0.15) is 4.90 Å². The third kappa shape index (κ3) is 4.57. The fraction of sp³-hybridized carbons (Fsp3) is 0.316. The number of rotatable bonds is 3. The molecule has 2 aliphatic heterocycles. The van der Waals surface area contributed by atoms with E-state index in [0.717, 1.165) is 11.8 Å². The van der Waals surface area contributed by atoms with Gasteiger partial charge in [-0.25, -0.2) is 8.42 Å². The number of non-ortho nitro benzene ring substituents is 1. The van der Waals surface area contributed by atoms with E-state index in [-0.39, 0.29) is 29.4 Å². The highest BCUT2D eigenvalue weighted by Crippen LogP contribution is 2.35. The summed E-state index contributed by atoms with van der Waals surface area (Å²) in [5.41, 5.74) is -0.643. The lowest BCUT2D eigenvalue weighted by atomic mass is 10.2. The van der Waals surface area contributed by atoms with Crippen molar-refractivity contribution in [2.45, 2.75) is 17.2 Å². The SMILES string of the molecule is O=C(C1Nc2cc(C(F)(F)F)ccc2S(=O)(=O)N1)N1CCN(c2ccc([N+](=O)[O-])cc2)CC1. The number of amides is 1. The second-order valence-electron chi connectivity index (χ2n) is 7.49. The van der Waals surface area contributed by atoms with Gasteiger partial charge in [0.05, 0.1) is 16.2 Å². The van der Waals surface area contributed by atoms with E-state index in [2.05, 4.69) is 10.0 Å². The van der Waals surface area contributed by atoms with Gasteiger partial charge in [0, 0.05) is 44.0 Å². The maximum atomic E-state index is 13.0. The number of nitro benzene ring substituents is 1. The molecule has 1 atom stereocenters. The number of nitrogens with one attached hydrogen (secondary N) is 2. The second-order valence-corrected chi connectivity index (χ2v) is 9.18. The molecular formula is C19H18F3N5O5S. The van der Waals surface area contributed by atoms with Crippen molar-refractivity contribution < 1.29 is 31.3 Å². The number of piperazine rings is 1. The standard InChI is InChI=1S/C19H18F3N5O5S/c20-19(21,22)12-1-6-16-15(11-12)23-17(24-33(16,31)32)18(28)26-9-7-25(8-10-26)13-2-4-14(5-3-13)27(29)30/h1-6,11,17,23-24H,7-10H2. The van der Waals surface area contributed by atoms with Gasteiger partial charge < -0.3 is 15.1 Å². The molecule has 2 aliphatic rings. The Hall–Kier alpha value is -3.39. The van der Waals surface area contributed by atoms with Crippen LogP contribution in [0.4, 0.5) is 30.2 Å². The van der Waals surface area contributed by atoms with E-state index in [1.807, 2.05) is 4.90 Å². The van der Waals surface area contributed by atoms with Crippen LogP contribution < -0.4 is 14.9 Å². The molecule has 1 amide bonds. The predicted molar refractivity (Wildman–Crippen MR) is 111 cm³/mol. The molecule has 2 aromatic rings. The third-order valence-electron chi connectivity index (χ3n) is 5.43. The van der Waals surface area contributed by atoms with Crippen molar-refractivity contribution in [2.24, 2.45) is 0 Å². The number of benzene rings is 2. The van der Waals surface area contributed by atoms with Crippen molar-refractivity contribution in [3.05, 3.63) is 58.1 Å². The minimum Gasteiger partial charge on any atom is -0.368 e. The summed E-state index contributed by atoms with van der Waals surface area (Å²) in [6, 6.07) is 8.13. The van der Waals surface area contributed by atoms with E-state index >= 15 is 0 Å². The van der Waals surface area contributed by atoms with Crippen LogP contribution in [0.25, 0.3) is 0 Å². The summed E-state index contributed by atoms with van der Waals surface area (Å²) < 4.78 is 66.2. The number of hydrogen-bond acceptors (Lipinski definition) is 7. The van der Waals surface area contributed by atoms with Crippen LogP contribution in [0.1, 0.15) is 5.56 Å². The number of nitro groups is 1. The molecule has 0 radical (unpaired) electrons. The van der Waals surface area contributed by atoms with Gasteiger partial charge in [-0.2, -0.15) is 17.9 Å². The molecule has 2 N–H and O–H groups in total. The van der Waals surface area contributed by atoms with Crippen LogP contribution in [0.15, 0.2) is 47.4 Å². The van der Waals surface area contributed by atoms with E-state index in [1.165, 1.54) is 17.0 Å². The van der Waals surface area contributed by atoms with Crippen LogP contribution >= 0.6 is 0 Å². The van der Waals surface area contributed by atoms with Crippen LogP contribution in [-0.4, -0.2) is 56.5 Å². The molecule has 14 heteroatoms. The molecular weight excluding hydrogens is 467 g/mol. The summed E-state index contributed by atoms with van der Waals surface area (Å²) in [5, 5.41) is 13.3. The first-order valence-electron chi connectivity index (χ1n) is 9.74. The molecule has 0 bridgehead atoms. The summed E-state index contributed by atoms with van der Waals surface area (Å²) >= 11 is 0. The predicted octanol–water partition coefficient (Wildman–Crippen LogP) is 1.99. The zero-order valence-electron chi connectivity index (χ0n) is 16.9. The first kappa shape index (κ1) is 22.8. The van der Waals surface area contributed by atoms with Crippen molar-refractivity contribution in [1.82, 2.24) is 9.62 Å². The summed E-state index contributed by atoms with van der Waals surface area (Å²) in [7, 11) is -4.19. The van der Waals surface area contributed by atoms with E-state index < -0.39 is 38.8 Å². The molecule has 176 valence electrons. The quantitative estimate of drug-likeness (QED) is 0.503. The Morgan fingerprint density at radius 2 is 1.70 bits per heavy atom. The summed E-state index contributed by atoms with van der Waals surface area (Å²) in [4.78, 5) is 26.1. The van der Waals surface area contributed by atoms with Crippen molar-refractivity contribution in [2.75, 3.05) is 36.4 Å². The van der Waals surface area contributed by atoms with E-state index in [9.17, 15) is 36.5 Å². The molecule has 2 heterocycles. The number of halogens is 3. The summed E-state index contributed by atoms with van der Waals surface area (Å²) in [6.45, 7) is 1.23. The van der Waals surface area contributed by atoms with Crippen LogP contribution in [0.2, 0.25) is 0 Å². The van der Waals surface area contributed by atoms with E-state index in [0.29, 0.717) is 25.2 Å². The average molecular weight is 485 g/mol. The highest BCUT2D eigenvalue weighted by atomic mass is 32.2. The Labute approximate surface area is 186 Å². The molecule has 2 aromatic carbocycles. The zero-order chi connectivity index (χ0) is 24.0. The third-order valence-corrected chi connectivity index (χ3v) is 6.91. The number of carbonyl (C=O) groups is 1. The first-order chi connectivity index (χ1) is 15.5. The van der Waals surface area contributed by atoms with Gasteiger partial charge in [-0.15, -0.1) is 0 Å². The minimum absolute atomic E-state index is 0.0443. The summed E-state index contributed by atoms with van der Waals surface area (Å²) in [5.74, 6) is -0.620. The van der Waals surface area contributed by atoms with Crippen LogP contribution in [0.3, 0.4) is 0 Å². The molecule has 4 rings (SSSR count). The number of sulfonamides is 1. The van der Waals surface area contributed by atoms with Gasteiger partial charge in [0.2, 0.25) is 10.0 Å². The Balaban J connectivity index is 1.45. The van der Waals surface area contributed by atoms with Crippen LogP contribution in [-0.2, 0) is 21.0 Å². The number of fused-ring (bicyclic) bond motifs is 1.